The summed E-state index contributed by atoms with van der Waals surface area (Å²) in [7, 11) is 0. The molecule has 0 spiro atoms. The number of Topliss-reactive ketones (excluding diaryl/α,β-unsaturated/α-hetero) is 3. The highest BCUT2D eigenvalue weighted by Crippen LogP contribution is 2.49. The number of carbonyl (C=O) groups is 3. The first kappa shape index (κ1) is 69.6. The predicted octanol–water partition coefficient (Wildman–Crippen LogP) is 27.3. The summed E-state index contributed by atoms with van der Waals surface area (Å²) in [6.07, 6.45) is 6.20. The van der Waals surface area contributed by atoms with Crippen LogP contribution in [0.3, 0.4) is 0 Å². The van der Waals surface area contributed by atoms with Crippen LogP contribution in [0.2, 0.25) is 0 Å². The molecule has 0 aliphatic heterocycles. The fourth-order valence-electron chi connectivity index (χ4n) is 17.0. The first-order chi connectivity index (χ1) is 56.3. The Balaban J connectivity index is 0.666. The van der Waals surface area contributed by atoms with Crippen LogP contribution in [-0.2, 0) is 0 Å². The molecule has 16 aromatic carbocycles. The number of para-hydroxylation sites is 3. The third-order valence-corrected chi connectivity index (χ3v) is 22.4. The van der Waals surface area contributed by atoms with E-state index in [0.29, 0.717) is 0 Å². The van der Waals surface area contributed by atoms with Crippen molar-refractivity contribution in [1.29, 1.82) is 0 Å². The van der Waals surface area contributed by atoms with E-state index in [1.807, 2.05) is 127 Å². The molecule has 0 N–H and O–H groups in total. The topological polar surface area (TPSA) is 60.9 Å². The Hall–Kier alpha value is -14.9. The van der Waals surface area contributed by atoms with E-state index < -0.39 is 0 Å². The van der Waals surface area contributed by atoms with Gasteiger partial charge in [-0.05, 0) is 229 Å². The number of benzene rings is 16. The van der Waals surface area contributed by atoms with Crippen LogP contribution in [0.5, 0.6) is 0 Å². The Labute approximate surface area is 664 Å². The molecule has 16 aromatic rings. The number of rotatable bonds is 18. The van der Waals surface area contributed by atoms with Gasteiger partial charge in [0, 0.05) is 102 Å². The molecule has 6 nitrogen and oxygen atoms in total. The lowest BCUT2D eigenvalue weighted by Gasteiger charge is -2.26. The summed E-state index contributed by atoms with van der Waals surface area (Å²) in [5.74, 6) is -0.272. The Bertz CT molecular complexity index is 5710. The minimum atomic E-state index is -0.155. The molecular formula is C108H75N3O3. The van der Waals surface area contributed by atoms with Gasteiger partial charge in [-0.2, -0.15) is 0 Å². The summed E-state index contributed by atoms with van der Waals surface area (Å²) in [4.78, 5) is 49.4. The monoisotopic (exact) mass is 1460 g/mol. The van der Waals surface area contributed by atoms with E-state index in [-0.39, 0.29) is 35.1 Å². The fraction of sp³-hybridized carbons (Fsp3) is 0.0278. The molecule has 0 saturated carbocycles. The number of allylic oxidation sites excluding steroid dienone is 3. The van der Waals surface area contributed by atoms with Crippen LogP contribution in [0.4, 0.5) is 51.2 Å². The zero-order valence-corrected chi connectivity index (χ0v) is 62.4. The summed E-state index contributed by atoms with van der Waals surface area (Å²) in [6, 6.07) is 145. The van der Waals surface area contributed by atoms with Crippen LogP contribution in [-0.4, -0.2) is 17.3 Å². The lowest BCUT2D eigenvalue weighted by molar-refractivity contribution is 0.103. The summed E-state index contributed by atoms with van der Waals surface area (Å²) >= 11 is 0. The fourth-order valence-corrected chi connectivity index (χ4v) is 17.0. The van der Waals surface area contributed by atoms with Crippen LogP contribution in [0.15, 0.2) is 435 Å². The molecule has 3 unspecified atom stereocenters. The Morgan fingerprint density at radius 1 is 0.184 bits per heavy atom. The lowest BCUT2D eigenvalue weighted by atomic mass is 9.89. The highest BCUT2D eigenvalue weighted by atomic mass is 16.1. The SMILES string of the molecule is O=C1C(=Cc2ccc(N(c3ccccc3)c3ccc(-c4cc(-c5ccc(N(c6ccccc6)c6ccc(C=C7C(=O)c8ccccc8C7c7ccccc7)cc6)cc5)cc(-c5ccc(N(c6ccccc6)c6ccc(C=C7C(=O)c8ccccc8C7c7ccccc7)cc6)cc5)c4)cc3)cc2)C(c2ccccc2)c2ccccc21. The standard InChI is InChI=1S/C108H75N3O3/c112-106-97-40-22-19-37-94(97)103(79-25-7-1-8-26-79)100(106)67-73-43-55-88(56-44-73)109(85-31-13-4-14-32-85)91-61-49-76(50-62-91)82-70-83(77-51-63-92(64-52-77)110(86-33-15-5-16-34-86)89-57-45-74(46-58-89)68-101-104(80-27-9-2-10-28-80)95-38-20-23-41-98(95)107(101)113)72-84(71-82)78-53-65-93(66-54-78)111(87-35-17-6-18-36-87)90-59-47-75(48-60-90)69-102-105(81-29-11-3-12-30-81)96-39-21-24-42-99(96)108(102)114/h1-72,103-105H. The number of anilines is 9. The minimum Gasteiger partial charge on any atom is -0.311 e. The van der Waals surface area contributed by atoms with Crippen molar-refractivity contribution in [3.63, 3.8) is 0 Å². The highest BCUT2D eigenvalue weighted by molar-refractivity contribution is 6.19. The van der Waals surface area contributed by atoms with Gasteiger partial charge in [0.05, 0.1) is 0 Å². The molecule has 0 aromatic heterocycles. The summed E-state index contributed by atoms with van der Waals surface area (Å²) in [6.45, 7) is 0. The number of hydrogen-bond acceptors (Lipinski definition) is 6. The summed E-state index contributed by atoms with van der Waals surface area (Å²) < 4.78 is 0. The molecule has 3 atom stereocenters. The van der Waals surface area contributed by atoms with Gasteiger partial charge in [-0.3, -0.25) is 14.4 Å². The minimum absolute atomic E-state index is 0.0649. The average molecular weight is 1460 g/mol. The van der Waals surface area contributed by atoms with Crippen molar-refractivity contribution in [2.75, 3.05) is 14.7 Å². The maximum atomic E-state index is 14.2. The van der Waals surface area contributed by atoms with Crippen molar-refractivity contribution >= 4 is 86.8 Å². The van der Waals surface area contributed by atoms with E-state index in [1.165, 1.54) is 0 Å². The second-order valence-electron chi connectivity index (χ2n) is 29.3. The van der Waals surface area contributed by atoms with E-state index in [2.05, 4.69) is 324 Å². The molecule has 3 aliphatic carbocycles. The van der Waals surface area contributed by atoms with E-state index in [9.17, 15) is 14.4 Å². The van der Waals surface area contributed by atoms with Gasteiger partial charge in [-0.1, -0.05) is 291 Å². The van der Waals surface area contributed by atoms with Gasteiger partial charge >= 0.3 is 0 Å². The smallest absolute Gasteiger partial charge is 0.190 e. The summed E-state index contributed by atoms with van der Waals surface area (Å²) in [5, 5.41) is 0. The van der Waals surface area contributed by atoms with Crippen LogP contribution >= 0.6 is 0 Å². The van der Waals surface area contributed by atoms with E-state index in [1.54, 1.807) is 0 Å². The largest absolute Gasteiger partial charge is 0.311 e. The van der Waals surface area contributed by atoms with E-state index in [4.69, 9.17) is 0 Å². The molecule has 3 aliphatic rings. The van der Waals surface area contributed by atoms with Crippen molar-refractivity contribution < 1.29 is 14.4 Å². The Morgan fingerprint density at radius 2 is 0.377 bits per heavy atom. The van der Waals surface area contributed by atoms with Crippen molar-refractivity contribution in [3.8, 4) is 33.4 Å². The third kappa shape index (κ3) is 13.5. The average Bonchev–Trinajstić information content (AvgIpc) is 0.872. The molecule has 19 rings (SSSR count). The second-order valence-corrected chi connectivity index (χ2v) is 29.3. The second kappa shape index (κ2) is 30.5. The van der Waals surface area contributed by atoms with Gasteiger partial charge in [-0.15, -0.1) is 0 Å². The van der Waals surface area contributed by atoms with Gasteiger partial charge < -0.3 is 14.7 Å². The first-order valence-electron chi connectivity index (χ1n) is 38.8. The molecule has 0 heterocycles. The maximum absolute atomic E-state index is 14.2. The van der Waals surface area contributed by atoms with Gasteiger partial charge in [-0.25, -0.2) is 0 Å². The lowest BCUT2D eigenvalue weighted by Crippen LogP contribution is -2.09. The number of hydrogen-bond donors (Lipinski definition) is 0. The molecule has 114 heavy (non-hydrogen) atoms. The van der Waals surface area contributed by atoms with Crippen LogP contribution < -0.4 is 14.7 Å². The third-order valence-electron chi connectivity index (χ3n) is 22.4. The Kier molecular flexibility index (Phi) is 18.6. The van der Waals surface area contributed by atoms with Gasteiger partial charge in [0.15, 0.2) is 17.3 Å². The maximum Gasteiger partial charge on any atom is 0.190 e. The molecule has 0 saturated heterocycles. The molecule has 0 radical (unpaired) electrons. The Morgan fingerprint density at radius 3 is 0.614 bits per heavy atom. The van der Waals surface area contributed by atoms with E-state index >= 15 is 0 Å². The zero-order chi connectivity index (χ0) is 76.4. The predicted molar refractivity (Wildman–Crippen MR) is 468 cm³/mol. The number of ketones is 3. The number of carbonyl (C=O) groups excluding carboxylic acids is 3. The molecule has 540 valence electrons. The highest BCUT2D eigenvalue weighted by Gasteiger charge is 2.38. The van der Waals surface area contributed by atoms with Crippen molar-refractivity contribution in [2.45, 2.75) is 17.8 Å². The zero-order valence-electron chi connectivity index (χ0n) is 62.4. The molecule has 0 fully saturated rings. The van der Waals surface area contributed by atoms with Crippen molar-refractivity contribution in [3.05, 3.63) is 502 Å². The number of fused-ring (bicyclic) bond motifs is 3. The van der Waals surface area contributed by atoms with Crippen LogP contribution in [0, 0.1) is 0 Å². The van der Waals surface area contributed by atoms with Gasteiger partial charge in [0.2, 0.25) is 0 Å². The van der Waals surface area contributed by atoms with Crippen molar-refractivity contribution in [1.82, 2.24) is 0 Å². The quantitative estimate of drug-likeness (QED) is 0.0798. The molecular weight excluding hydrogens is 1390 g/mol. The first-order valence-corrected chi connectivity index (χ1v) is 38.8. The van der Waals surface area contributed by atoms with Gasteiger partial charge in [0.1, 0.15) is 0 Å². The van der Waals surface area contributed by atoms with Gasteiger partial charge in [0.25, 0.3) is 0 Å². The molecule has 0 amide bonds. The van der Waals surface area contributed by atoms with Crippen molar-refractivity contribution in [2.24, 2.45) is 0 Å². The van der Waals surface area contributed by atoms with Crippen LogP contribution in [0.25, 0.3) is 51.6 Å². The van der Waals surface area contributed by atoms with Crippen LogP contribution in [0.1, 0.15) is 98.9 Å². The van der Waals surface area contributed by atoms with E-state index in [0.717, 1.165) is 168 Å². The number of nitrogens with zero attached hydrogens (tertiary/aromatic N) is 3. The normalized spacial score (nSPS) is 15.7. The molecule has 0 bridgehead atoms. The molecule has 6 heteroatoms. The summed E-state index contributed by atoms with van der Waals surface area (Å²) in [5.41, 5.74) is 29.1.